The van der Waals surface area contributed by atoms with Crippen LogP contribution in [0.2, 0.25) is 0 Å². The predicted octanol–water partition coefficient (Wildman–Crippen LogP) is 2.90. The molecule has 0 unspecified atom stereocenters. The Morgan fingerprint density at radius 1 is 1.12 bits per heavy atom. The molecule has 0 N–H and O–H groups in total. The summed E-state index contributed by atoms with van der Waals surface area (Å²) in [5, 5.41) is 0. The molecule has 0 saturated carbocycles. The van der Waals surface area contributed by atoms with Gasteiger partial charge in [0.2, 0.25) is 0 Å². The zero-order valence-electron chi connectivity index (χ0n) is 15.4. The van der Waals surface area contributed by atoms with Crippen molar-refractivity contribution in [2.75, 3.05) is 46.9 Å². The van der Waals surface area contributed by atoms with E-state index in [1.54, 1.807) is 26.4 Å². The molecule has 24 heavy (non-hydrogen) atoms. The highest BCUT2D eigenvalue weighted by Crippen LogP contribution is 2.29. The Kier molecular flexibility index (Phi) is 6.91. The number of hydrogen-bond acceptors (Lipinski definition) is 4. The highest BCUT2D eigenvalue weighted by atomic mass is 16.5. The van der Waals surface area contributed by atoms with Crippen molar-refractivity contribution in [2.45, 2.75) is 26.7 Å². The first-order chi connectivity index (χ1) is 11.6. The van der Waals surface area contributed by atoms with Gasteiger partial charge in [0.15, 0.2) is 11.5 Å². The highest BCUT2D eigenvalue weighted by molar-refractivity contribution is 5.95. The van der Waals surface area contributed by atoms with Gasteiger partial charge in [-0.2, -0.15) is 0 Å². The third kappa shape index (κ3) is 4.41. The van der Waals surface area contributed by atoms with Gasteiger partial charge in [-0.15, -0.1) is 0 Å². The van der Waals surface area contributed by atoms with E-state index in [1.165, 1.54) is 0 Å². The van der Waals surface area contributed by atoms with Crippen molar-refractivity contribution in [1.29, 1.82) is 0 Å². The van der Waals surface area contributed by atoms with E-state index in [1.807, 2.05) is 11.0 Å². The summed E-state index contributed by atoms with van der Waals surface area (Å²) in [5.74, 6) is 2.02. The first-order valence-electron chi connectivity index (χ1n) is 8.86. The fourth-order valence-electron chi connectivity index (χ4n) is 3.32. The van der Waals surface area contributed by atoms with Crippen LogP contribution in [0.15, 0.2) is 18.2 Å². The minimum Gasteiger partial charge on any atom is -0.493 e. The lowest BCUT2D eigenvalue weighted by atomic mass is 9.95. The van der Waals surface area contributed by atoms with Crippen LogP contribution in [0.4, 0.5) is 0 Å². The number of hydrogen-bond donors (Lipinski definition) is 0. The largest absolute Gasteiger partial charge is 0.493 e. The van der Waals surface area contributed by atoms with Crippen molar-refractivity contribution in [1.82, 2.24) is 9.80 Å². The smallest absolute Gasteiger partial charge is 0.253 e. The van der Waals surface area contributed by atoms with Crippen molar-refractivity contribution in [2.24, 2.45) is 5.92 Å². The Bertz CT molecular complexity index is 535. The number of methoxy groups -OCH3 is 2. The van der Waals surface area contributed by atoms with Crippen LogP contribution in [0, 0.1) is 5.92 Å². The third-order valence-electron chi connectivity index (χ3n) is 4.94. The summed E-state index contributed by atoms with van der Waals surface area (Å²) >= 11 is 0. The van der Waals surface area contributed by atoms with Crippen molar-refractivity contribution in [3.63, 3.8) is 0 Å². The molecule has 1 fully saturated rings. The fraction of sp³-hybridized carbons (Fsp3) is 0.632. The number of ether oxygens (including phenoxy) is 2. The molecule has 1 saturated heterocycles. The Morgan fingerprint density at radius 3 is 2.29 bits per heavy atom. The van der Waals surface area contributed by atoms with E-state index in [4.69, 9.17) is 9.47 Å². The summed E-state index contributed by atoms with van der Waals surface area (Å²) in [7, 11) is 3.19. The van der Waals surface area contributed by atoms with Gasteiger partial charge in [0, 0.05) is 25.2 Å². The summed E-state index contributed by atoms with van der Waals surface area (Å²) < 4.78 is 10.5. The van der Waals surface area contributed by atoms with Crippen LogP contribution in [0.1, 0.15) is 37.0 Å². The van der Waals surface area contributed by atoms with E-state index in [2.05, 4.69) is 18.7 Å². The van der Waals surface area contributed by atoms with E-state index in [0.717, 1.165) is 45.6 Å². The zero-order valence-corrected chi connectivity index (χ0v) is 15.4. The average molecular weight is 334 g/mol. The molecule has 134 valence electrons. The number of rotatable bonds is 7. The van der Waals surface area contributed by atoms with E-state index in [0.29, 0.717) is 23.0 Å². The quantitative estimate of drug-likeness (QED) is 0.769. The minimum absolute atomic E-state index is 0.0808. The lowest BCUT2D eigenvalue weighted by Gasteiger charge is -2.34. The molecule has 1 amide bonds. The van der Waals surface area contributed by atoms with Crippen molar-refractivity contribution >= 4 is 5.91 Å². The predicted molar refractivity (Wildman–Crippen MR) is 96.0 cm³/mol. The highest BCUT2D eigenvalue weighted by Gasteiger charge is 2.25. The van der Waals surface area contributed by atoms with Gasteiger partial charge in [-0.3, -0.25) is 4.79 Å². The summed E-state index contributed by atoms with van der Waals surface area (Å²) in [6.45, 7) is 9.42. The summed E-state index contributed by atoms with van der Waals surface area (Å²) in [4.78, 5) is 17.2. The standard InChI is InChI=1S/C19H30N2O3/c1-5-20(6-2)14-15-9-11-21(12-10-15)19(22)16-7-8-17(23-3)18(13-16)24-4/h7-8,13,15H,5-6,9-12,14H2,1-4H3. The normalized spacial score (nSPS) is 15.6. The van der Waals surface area contributed by atoms with Gasteiger partial charge in [0.25, 0.3) is 5.91 Å². The van der Waals surface area contributed by atoms with Crippen LogP contribution >= 0.6 is 0 Å². The Labute approximate surface area is 145 Å². The van der Waals surface area contributed by atoms with E-state index >= 15 is 0 Å². The summed E-state index contributed by atoms with van der Waals surface area (Å²) in [6.07, 6.45) is 2.16. The molecule has 1 aliphatic heterocycles. The van der Waals surface area contributed by atoms with Crippen molar-refractivity contribution in [3.05, 3.63) is 23.8 Å². The summed E-state index contributed by atoms with van der Waals surface area (Å²) in [6, 6.07) is 5.37. The first kappa shape index (κ1) is 18.6. The maximum absolute atomic E-state index is 12.7. The molecule has 0 spiro atoms. The molecule has 0 bridgehead atoms. The third-order valence-corrected chi connectivity index (χ3v) is 4.94. The number of piperidine rings is 1. The van der Waals surface area contributed by atoms with E-state index in [-0.39, 0.29) is 5.91 Å². The number of nitrogens with zero attached hydrogens (tertiary/aromatic N) is 2. The van der Waals surface area contributed by atoms with Gasteiger partial charge < -0.3 is 19.3 Å². The van der Waals surface area contributed by atoms with Crippen LogP contribution in [0.5, 0.6) is 11.5 Å². The molecule has 1 heterocycles. The lowest BCUT2D eigenvalue weighted by Crippen LogP contribution is -2.41. The van der Waals surface area contributed by atoms with Crippen LogP contribution in [-0.4, -0.2) is 62.7 Å². The van der Waals surface area contributed by atoms with Crippen molar-refractivity contribution in [3.8, 4) is 11.5 Å². The van der Waals surface area contributed by atoms with Gasteiger partial charge in [0.1, 0.15) is 0 Å². The molecule has 0 aliphatic carbocycles. The SMILES string of the molecule is CCN(CC)CC1CCN(C(=O)c2ccc(OC)c(OC)c2)CC1. The molecule has 5 heteroatoms. The molecular weight excluding hydrogens is 304 g/mol. The minimum atomic E-state index is 0.0808. The van der Waals surface area contributed by atoms with Gasteiger partial charge >= 0.3 is 0 Å². The zero-order chi connectivity index (χ0) is 17.5. The number of benzene rings is 1. The molecule has 0 aromatic heterocycles. The molecule has 1 aromatic rings. The monoisotopic (exact) mass is 334 g/mol. The molecule has 0 radical (unpaired) electrons. The molecular formula is C19H30N2O3. The molecule has 1 aliphatic rings. The Hall–Kier alpha value is -1.75. The first-order valence-corrected chi connectivity index (χ1v) is 8.86. The average Bonchev–Trinajstić information content (AvgIpc) is 2.65. The molecule has 5 nitrogen and oxygen atoms in total. The second-order valence-corrected chi connectivity index (χ2v) is 6.29. The van der Waals surface area contributed by atoms with Crippen molar-refractivity contribution < 1.29 is 14.3 Å². The second-order valence-electron chi connectivity index (χ2n) is 6.29. The lowest BCUT2D eigenvalue weighted by molar-refractivity contribution is 0.0669. The number of amides is 1. The summed E-state index contributed by atoms with van der Waals surface area (Å²) in [5.41, 5.74) is 0.662. The molecule has 1 aromatic carbocycles. The number of carbonyl (C=O) groups excluding carboxylic acids is 1. The maximum atomic E-state index is 12.7. The van der Waals surface area contributed by atoms with E-state index < -0.39 is 0 Å². The van der Waals surface area contributed by atoms with Crippen LogP contribution in [-0.2, 0) is 0 Å². The van der Waals surface area contributed by atoms with Crippen LogP contribution in [0.3, 0.4) is 0 Å². The second kappa shape index (κ2) is 8.92. The number of likely N-dealkylation sites (tertiary alicyclic amines) is 1. The van der Waals surface area contributed by atoms with Gasteiger partial charge in [-0.25, -0.2) is 0 Å². The Balaban J connectivity index is 1.95. The Morgan fingerprint density at radius 2 is 1.75 bits per heavy atom. The maximum Gasteiger partial charge on any atom is 0.253 e. The van der Waals surface area contributed by atoms with E-state index in [9.17, 15) is 4.79 Å². The van der Waals surface area contributed by atoms with Crippen LogP contribution < -0.4 is 9.47 Å². The fourth-order valence-corrected chi connectivity index (χ4v) is 3.32. The van der Waals surface area contributed by atoms with Crippen LogP contribution in [0.25, 0.3) is 0 Å². The molecule has 0 atom stereocenters. The molecule has 2 rings (SSSR count). The van der Waals surface area contributed by atoms with Gasteiger partial charge in [-0.1, -0.05) is 13.8 Å². The van der Waals surface area contributed by atoms with Gasteiger partial charge in [0.05, 0.1) is 14.2 Å². The number of carbonyl (C=O) groups is 1. The van der Waals surface area contributed by atoms with Gasteiger partial charge in [-0.05, 0) is 50.0 Å². The topological polar surface area (TPSA) is 42.0 Å².